The van der Waals surface area contributed by atoms with Gasteiger partial charge in [-0.2, -0.15) is 0 Å². The molecule has 0 saturated heterocycles. The molecule has 2 aromatic rings. The topological polar surface area (TPSA) is 85.8 Å². The maximum Gasteiger partial charge on any atom is 0.340 e. The van der Waals surface area contributed by atoms with E-state index in [0.29, 0.717) is 5.76 Å². The summed E-state index contributed by atoms with van der Waals surface area (Å²) in [6, 6.07) is 6.21. The van der Waals surface area contributed by atoms with Crippen LogP contribution < -0.4 is 5.73 Å². The van der Waals surface area contributed by atoms with Crippen molar-refractivity contribution >= 4 is 40.8 Å². The Hall–Kier alpha value is -2.18. The summed E-state index contributed by atoms with van der Waals surface area (Å²) in [5.74, 6) is -0.536. The Morgan fingerprint density at radius 2 is 2.09 bits per heavy atom. The summed E-state index contributed by atoms with van der Waals surface area (Å²) >= 11 is 11.7. The van der Waals surface area contributed by atoms with Crippen LogP contribution in [-0.2, 0) is 16.1 Å². The Bertz CT molecular complexity index is 717. The van der Waals surface area contributed by atoms with Crippen molar-refractivity contribution in [3.05, 3.63) is 51.9 Å². The number of amides is 1. The summed E-state index contributed by atoms with van der Waals surface area (Å²) in [7, 11) is 1.57. The van der Waals surface area contributed by atoms with Crippen molar-refractivity contribution in [3.8, 4) is 0 Å². The molecule has 0 aliphatic heterocycles. The van der Waals surface area contributed by atoms with E-state index in [2.05, 4.69) is 0 Å². The quantitative estimate of drug-likeness (QED) is 0.657. The van der Waals surface area contributed by atoms with E-state index in [4.69, 9.17) is 38.1 Å². The van der Waals surface area contributed by atoms with Crippen LogP contribution in [-0.4, -0.2) is 30.4 Å². The van der Waals surface area contributed by atoms with Crippen molar-refractivity contribution in [1.29, 1.82) is 0 Å². The van der Waals surface area contributed by atoms with Crippen LogP contribution in [0.2, 0.25) is 10.0 Å². The van der Waals surface area contributed by atoms with Crippen molar-refractivity contribution < 1.29 is 18.7 Å². The molecule has 0 fully saturated rings. The minimum atomic E-state index is -0.772. The highest BCUT2D eigenvalue weighted by atomic mass is 35.5. The van der Waals surface area contributed by atoms with Crippen LogP contribution in [0, 0.1) is 0 Å². The number of likely N-dealkylation sites (N-methyl/N-ethyl adjacent to an activating group) is 1. The second kappa shape index (κ2) is 7.39. The third-order valence-electron chi connectivity index (χ3n) is 3.04. The van der Waals surface area contributed by atoms with Crippen molar-refractivity contribution in [2.24, 2.45) is 0 Å². The second-order valence-corrected chi connectivity index (χ2v) is 5.60. The van der Waals surface area contributed by atoms with Gasteiger partial charge in [-0.25, -0.2) is 4.79 Å². The zero-order valence-electron chi connectivity index (χ0n) is 12.2. The molecule has 1 amide bonds. The normalized spacial score (nSPS) is 10.4. The number of carbonyl (C=O) groups is 2. The standard InChI is InChI=1S/C15H14Cl2N2O4/c1-19(7-10-3-2-4-22-10)13(20)8-23-15(21)11-5-9(16)6-12(17)14(11)18/h2-6H,7-8,18H2,1H3. The fourth-order valence-electron chi connectivity index (χ4n) is 1.79. The van der Waals surface area contributed by atoms with Crippen LogP contribution in [0.15, 0.2) is 34.9 Å². The molecular weight excluding hydrogens is 343 g/mol. The number of esters is 1. The monoisotopic (exact) mass is 356 g/mol. The number of carbonyl (C=O) groups excluding carboxylic acids is 2. The van der Waals surface area contributed by atoms with Crippen LogP contribution in [0.1, 0.15) is 16.1 Å². The largest absolute Gasteiger partial charge is 0.467 e. The van der Waals surface area contributed by atoms with Crippen molar-refractivity contribution in [2.45, 2.75) is 6.54 Å². The van der Waals surface area contributed by atoms with Crippen LogP contribution in [0.25, 0.3) is 0 Å². The SMILES string of the molecule is CN(Cc1ccco1)C(=O)COC(=O)c1cc(Cl)cc(Cl)c1N. The molecule has 2 rings (SSSR count). The molecule has 2 N–H and O–H groups in total. The van der Waals surface area contributed by atoms with Gasteiger partial charge in [0.25, 0.3) is 5.91 Å². The summed E-state index contributed by atoms with van der Waals surface area (Å²) in [5, 5.41) is 0.392. The average molecular weight is 357 g/mol. The number of hydrogen-bond acceptors (Lipinski definition) is 5. The smallest absolute Gasteiger partial charge is 0.340 e. The fraction of sp³-hybridized carbons (Fsp3) is 0.200. The van der Waals surface area contributed by atoms with Crippen molar-refractivity contribution in [1.82, 2.24) is 4.90 Å². The highest BCUT2D eigenvalue weighted by Gasteiger charge is 2.18. The third-order valence-corrected chi connectivity index (χ3v) is 3.57. The Kier molecular flexibility index (Phi) is 5.52. The number of anilines is 1. The Balaban J connectivity index is 1.95. The zero-order valence-corrected chi connectivity index (χ0v) is 13.7. The molecule has 0 atom stereocenters. The summed E-state index contributed by atoms with van der Waals surface area (Å²) in [5.41, 5.74) is 5.78. The molecule has 1 heterocycles. The Morgan fingerprint density at radius 3 is 2.74 bits per heavy atom. The predicted molar refractivity (Wildman–Crippen MR) is 86.3 cm³/mol. The van der Waals surface area contributed by atoms with E-state index >= 15 is 0 Å². The number of benzene rings is 1. The van der Waals surface area contributed by atoms with Gasteiger partial charge in [0.15, 0.2) is 6.61 Å². The van der Waals surface area contributed by atoms with Crippen LogP contribution >= 0.6 is 23.2 Å². The molecular formula is C15H14Cl2N2O4. The van der Waals surface area contributed by atoms with E-state index in [0.717, 1.165) is 0 Å². The molecule has 1 aromatic heterocycles. The molecule has 0 saturated carbocycles. The highest BCUT2D eigenvalue weighted by molar-refractivity contribution is 6.37. The molecule has 8 heteroatoms. The first kappa shape index (κ1) is 17.2. The summed E-state index contributed by atoms with van der Waals surface area (Å²) in [6.07, 6.45) is 1.51. The lowest BCUT2D eigenvalue weighted by Crippen LogP contribution is -2.30. The van der Waals surface area contributed by atoms with Gasteiger partial charge < -0.3 is 19.8 Å². The van der Waals surface area contributed by atoms with Gasteiger partial charge in [0.05, 0.1) is 29.1 Å². The molecule has 0 radical (unpaired) electrons. The maximum atomic E-state index is 12.0. The number of hydrogen-bond donors (Lipinski definition) is 1. The van der Waals surface area contributed by atoms with Crippen molar-refractivity contribution in [2.75, 3.05) is 19.4 Å². The number of ether oxygens (including phenoxy) is 1. The van der Waals surface area contributed by atoms with Gasteiger partial charge in [-0.05, 0) is 24.3 Å². The molecule has 0 aliphatic rings. The number of furan rings is 1. The van der Waals surface area contributed by atoms with E-state index in [9.17, 15) is 9.59 Å². The fourth-order valence-corrected chi connectivity index (χ4v) is 2.29. The van der Waals surface area contributed by atoms with Crippen LogP contribution in [0.5, 0.6) is 0 Å². The number of halogens is 2. The lowest BCUT2D eigenvalue weighted by molar-refractivity contribution is -0.133. The lowest BCUT2D eigenvalue weighted by Gasteiger charge is -2.16. The van der Waals surface area contributed by atoms with E-state index in [1.807, 2.05) is 0 Å². The summed E-state index contributed by atoms with van der Waals surface area (Å²) < 4.78 is 10.1. The molecule has 6 nitrogen and oxygen atoms in total. The van der Waals surface area contributed by atoms with Gasteiger partial charge in [-0.1, -0.05) is 23.2 Å². The van der Waals surface area contributed by atoms with E-state index in [1.165, 1.54) is 23.3 Å². The van der Waals surface area contributed by atoms with Gasteiger partial charge in [-0.15, -0.1) is 0 Å². The maximum absolute atomic E-state index is 12.0. The summed E-state index contributed by atoms with van der Waals surface area (Å²) in [6.45, 7) is -0.159. The van der Waals surface area contributed by atoms with Gasteiger partial charge in [-0.3, -0.25) is 4.79 Å². The molecule has 0 aliphatic carbocycles. The van der Waals surface area contributed by atoms with Crippen LogP contribution in [0.4, 0.5) is 5.69 Å². The van der Waals surface area contributed by atoms with E-state index < -0.39 is 12.6 Å². The minimum absolute atomic E-state index is 0.0176. The van der Waals surface area contributed by atoms with Crippen molar-refractivity contribution in [3.63, 3.8) is 0 Å². The molecule has 23 heavy (non-hydrogen) atoms. The third kappa shape index (κ3) is 4.40. The summed E-state index contributed by atoms with van der Waals surface area (Å²) in [4.78, 5) is 25.3. The number of rotatable bonds is 5. The minimum Gasteiger partial charge on any atom is -0.467 e. The first-order valence-corrected chi connectivity index (χ1v) is 7.32. The lowest BCUT2D eigenvalue weighted by atomic mass is 10.2. The second-order valence-electron chi connectivity index (χ2n) is 4.75. The number of nitrogens with two attached hydrogens (primary N) is 1. The van der Waals surface area contributed by atoms with E-state index in [-0.39, 0.29) is 33.7 Å². The average Bonchev–Trinajstić information content (AvgIpc) is 3.00. The Labute approximate surface area is 142 Å². The molecule has 122 valence electrons. The molecule has 0 spiro atoms. The predicted octanol–water partition coefficient (Wildman–Crippen LogP) is 2.98. The first-order valence-electron chi connectivity index (χ1n) is 6.56. The number of nitrogen functional groups attached to an aromatic ring is 1. The number of nitrogens with zero attached hydrogens (tertiary/aromatic N) is 1. The van der Waals surface area contributed by atoms with E-state index in [1.54, 1.807) is 19.2 Å². The molecule has 1 aromatic carbocycles. The van der Waals surface area contributed by atoms with Gasteiger partial charge >= 0.3 is 5.97 Å². The van der Waals surface area contributed by atoms with Gasteiger partial charge in [0.2, 0.25) is 0 Å². The molecule has 0 unspecified atom stereocenters. The van der Waals surface area contributed by atoms with Gasteiger partial charge in [0.1, 0.15) is 5.76 Å². The Morgan fingerprint density at radius 1 is 1.35 bits per heavy atom. The highest BCUT2D eigenvalue weighted by Crippen LogP contribution is 2.28. The van der Waals surface area contributed by atoms with Gasteiger partial charge in [0, 0.05) is 12.1 Å². The first-order chi connectivity index (χ1) is 10.9. The molecule has 0 bridgehead atoms. The zero-order chi connectivity index (χ0) is 17.0. The van der Waals surface area contributed by atoms with Crippen LogP contribution in [0.3, 0.4) is 0 Å².